The molecule has 0 aliphatic carbocycles. The van der Waals surface area contributed by atoms with Crippen molar-refractivity contribution >= 4 is 35.6 Å². The van der Waals surface area contributed by atoms with Crippen LogP contribution in [0.1, 0.15) is 45.1 Å². The Morgan fingerprint density at radius 1 is 0.816 bits per heavy atom. The highest BCUT2D eigenvalue weighted by atomic mass is 16.4. The maximum absolute atomic E-state index is 13.2. The molecule has 0 saturated heterocycles. The molecule has 3 amide bonds. The van der Waals surface area contributed by atoms with Crippen LogP contribution in [0.3, 0.4) is 0 Å². The first-order valence-electron chi connectivity index (χ1n) is 11.9. The van der Waals surface area contributed by atoms with Crippen molar-refractivity contribution in [1.82, 2.24) is 16.0 Å². The number of aliphatic carboxylic acids is 3. The van der Waals surface area contributed by atoms with Crippen molar-refractivity contribution in [3.8, 4) is 5.75 Å². The molecule has 0 bridgehead atoms. The van der Waals surface area contributed by atoms with Crippen LogP contribution in [0.15, 0.2) is 24.3 Å². The minimum absolute atomic E-state index is 0.0355. The lowest BCUT2D eigenvalue weighted by molar-refractivity contribution is -0.144. The van der Waals surface area contributed by atoms with Gasteiger partial charge in [-0.3, -0.25) is 24.0 Å². The van der Waals surface area contributed by atoms with Crippen LogP contribution >= 0.6 is 0 Å². The molecule has 0 aliphatic heterocycles. The van der Waals surface area contributed by atoms with E-state index in [9.17, 15) is 44.1 Å². The fourth-order valence-electron chi connectivity index (χ4n) is 3.31. The molecule has 0 radical (unpaired) electrons. The summed E-state index contributed by atoms with van der Waals surface area (Å²) in [5, 5.41) is 43.6. The molecule has 5 unspecified atom stereocenters. The number of phenols is 1. The zero-order chi connectivity index (χ0) is 29.0. The lowest BCUT2D eigenvalue weighted by Gasteiger charge is -2.25. The summed E-state index contributed by atoms with van der Waals surface area (Å²) in [6.45, 7) is 3.57. The summed E-state index contributed by atoms with van der Waals surface area (Å²) in [4.78, 5) is 72.1. The van der Waals surface area contributed by atoms with E-state index in [1.54, 1.807) is 6.92 Å². The Kier molecular flexibility index (Phi) is 12.7. The van der Waals surface area contributed by atoms with Crippen molar-refractivity contribution in [2.45, 2.75) is 70.1 Å². The molecule has 1 aromatic rings. The van der Waals surface area contributed by atoms with Gasteiger partial charge in [0.25, 0.3) is 0 Å². The summed E-state index contributed by atoms with van der Waals surface area (Å²) >= 11 is 0. The van der Waals surface area contributed by atoms with Gasteiger partial charge in [0.05, 0.1) is 12.5 Å². The Balaban J connectivity index is 3.16. The molecule has 38 heavy (non-hydrogen) atoms. The molecule has 0 saturated carbocycles. The highest BCUT2D eigenvalue weighted by Crippen LogP contribution is 2.13. The molecule has 210 valence electrons. The summed E-state index contributed by atoms with van der Waals surface area (Å²) in [5.74, 6) is -7.35. The second-order valence-corrected chi connectivity index (χ2v) is 8.83. The highest BCUT2D eigenvalue weighted by molar-refractivity contribution is 5.95. The SMILES string of the molecule is CCC(C)C(N)C(=O)NC(Cc1ccc(O)cc1)C(=O)NC(CC(=O)O)C(=O)NC(CCC(=O)O)C(=O)O. The number of amides is 3. The standard InChI is InChI=1S/C24H34N4O10/c1-3-12(2)20(25)23(36)28-16(10-13-4-6-14(29)7-5-13)21(34)27-17(11-19(32)33)22(35)26-15(24(37)38)8-9-18(30)31/h4-7,12,15-17,20,29H,3,8-11,25H2,1-2H3,(H,26,35)(H,27,34)(H,28,36)(H,30,31)(H,32,33)(H,37,38). The number of benzene rings is 1. The largest absolute Gasteiger partial charge is 0.508 e. The predicted octanol–water partition coefficient (Wildman–Crippen LogP) is -0.813. The fourth-order valence-corrected chi connectivity index (χ4v) is 3.31. The van der Waals surface area contributed by atoms with Crippen LogP contribution in [0.4, 0.5) is 0 Å². The molecule has 5 atom stereocenters. The van der Waals surface area contributed by atoms with E-state index < -0.39 is 79.1 Å². The fraction of sp³-hybridized carbons (Fsp3) is 0.500. The van der Waals surface area contributed by atoms with Crippen molar-refractivity contribution in [2.75, 3.05) is 0 Å². The predicted molar refractivity (Wildman–Crippen MR) is 132 cm³/mol. The number of nitrogens with two attached hydrogens (primary N) is 1. The van der Waals surface area contributed by atoms with Crippen molar-refractivity contribution in [2.24, 2.45) is 11.7 Å². The van der Waals surface area contributed by atoms with Crippen LogP contribution < -0.4 is 21.7 Å². The Morgan fingerprint density at radius 3 is 1.84 bits per heavy atom. The third kappa shape index (κ3) is 10.8. The van der Waals surface area contributed by atoms with E-state index in [2.05, 4.69) is 10.6 Å². The third-order valence-electron chi connectivity index (χ3n) is 5.84. The van der Waals surface area contributed by atoms with Gasteiger partial charge in [0.2, 0.25) is 17.7 Å². The number of aromatic hydroxyl groups is 1. The maximum atomic E-state index is 13.2. The molecular formula is C24H34N4O10. The molecule has 0 aliphatic rings. The van der Waals surface area contributed by atoms with Crippen molar-refractivity contribution in [3.63, 3.8) is 0 Å². The van der Waals surface area contributed by atoms with Gasteiger partial charge in [0, 0.05) is 12.8 Å². The van der Waals surface area contributed by atoms with Crippen LogP contribution in [0, 0.1) is 5.92 Å². The zero-order valence-corrected chi connectivity index (χ0v) is 21.0. The number of nitrogens with one attached hydrogen (secondary N) is 3. The van der Waals surface area contributed by atoms with Gasteiger partial charge in [-0.2, -0.15) is 0 Å². The average Bonchev–Trinajstić information content (AvgIpc) is 2.85. The first kappa shape index (κ1) is 31.8. The van der Waals surface area contributed by atoms with Gasteiger partial charge >= 0.3 is 17.9 Å². The van der Waals surface area contributed by atoms with Crippen molar-refractivity contribution < 1.29 is 49.2 Å². The third-order valence-corrected chi connectivity index (χ3v) is 5.84. The lowest BCUT2D eigenvalue weighted by atomic mass is 9.98. The normalized spacial score (nSPS) is 14.7. The van der Waals surface area contributed by atoms with E-state index in [4.69, 9.17) is 10.8 Å². The zero-order valence-electron chi connectivity index (χ0n) is 21.0. The average molecular weight is 539 g/mol. The van der Waals surface area contributed by atoms with Gasteiger partial charge < -0.3 is 42.1 Å². The maximum Gasteiger partial charge on any atom is 0.326 e. The minimum atomic E-state index is -1.74. The number of phenolic OH excluding ortho intramolecular Hbond substituents is 1. The molecule has 9 N–H and O–H groups in total. The van der Waals surface area contributed by atoms with E-state index in [0.717, 1.165) is 0 Å². The minimum Gasteiger partial charge on any atom is -0.508 e. The smallest absolute Gasteiger partial charge is 0.326 e. The van der Waals surface area contributed by atoms with Gasteiger partial charge in [0.15, 0.2) is 0 Å². The van der Waals surface area contributed by atoms with Gasteiger partial charge in [-0.05, 0) is 30.0 Å². The second-order valence-electron chi connectivity index (χ2n) is 8.83. The molecule has 1 rings (SSSR count). The van der Waals surface area contributed by atoms with Gasteiger partial charge in [0.1, 0.15) is 23.9 Å². The Bertz CT molecular complexity index is 1010. The molecule has 1 aromatic carbocycles. The first-order chi connectivity index (χ1) is 17.7. The number of carbonyl (C=O) groups is 6. The Morgan fingerprint density at radius 2 is 1.34 bits per heavy atom. The van der Waals surface area contributed by atoms with Gasteiger partial charge in [-0.15, -0.1) is 0 Å². The Labute approximate surface area is 218 Å². The van der Waals surface area contributed by atoms with Crippen LogP contribution in [0.25, 0.3) is 0 Å². The van der Waals surface area contributed by atoms with E-state index in [-0.39, 0.29) is 18.1 Å². The van der Waals surface area contributed by atoms with Crippen LogP contribution in [0.2, 0.25) is 0 Å². The van der Waals surface area contributed by atoms with Gasteiger partial charge in [-0.25, -0.2) is 4.79 Å². The van der Waals surface area contributed by atoms with Crippen LogP contribution in [-0.4, -0.2) is 80.2 Å². The number of carbonyl (C=O) groups excluding carboxylic acids is 3. The number of carboxylic acid groups (broad SMARTS) is 3. The van der Waals surface area contributed by atoms with E-state index >= 15 is 0 Å². The molecule has 0 spiro atoms. The monoisotopic (exact) mass is 538 g/mol. The Hall–Kier alpha value is -4.20. The summed E-state index contributed by atoms with van der Waals surface area (Å²) in [7, 11) is 0. The first-order valence-corrected chi connectivity index (χ1v) is 11.9. The van der Waals surface area contributed by atoms with Crippen molar-refractivity contribution in [3.05, 3.63) is 29.8 Å². The quantitative estimate of drug-likeness (QED) is 0.129. The number of carboxylic acids is 3. The second kappa shape index (κ2) is 15.1. The summed E-state index contributed by atoms with van der Waals surface area (Å²) in [6, 6.07) is 0.0613. The summed E-state index contributed by atoms with van der Waals surface area (Å²) < 4.78 is 0. The number of hydrogen-bond acceptors (Lipinski definition) is 8. The van der Waals surface area contributed by atoms with Crippen LogP contribution in [0.5, 0.6) is 5.75 Å². The highest BCUT2D eigenvalue weighted by Gasteiger charge is 2.32. The summed E-state index contributed by atoms with van der Waals surface area (Å²) in [5.41, 5.74) is 6.48. The lowest BCUT2D eigenvalue weighted by Crippen LogP contribution is -2.58. The molecule has 0 heterocycles. The molecule has 14 nitrogen and oxygen atoms in total. The topological polar surface area (TPSA) is 245 Å². The molecular weight excluding hydrogens is 504 g/mol. The summed E-state index contributed by atoms with van der Waals surface area (Å²) in [6.07, 6.45) is -1.50. The van der Waals surface area contributed by atoms with Crippen molar-refractivity contribution in [1.29, 1.82) is 0 Å². The van der Waals surface area contributed by atoms with E-state index in [1.165, 1.54) is 24.3 Å². The number of rotatable bonds is 16. The van der Waals surface area contributed by atoms with Crippen LogP contribution in [-0.2, 0) is 35.2 Å². The molecule has 14 heteroatoms. The molecule has 0 aromatic heterocycles. The molecule has 0 fully saturated rings. The van der Waals surface area contributed by atoms with E-state index in [1.807, 2.05) is 12.2 Å². The van der Waals surface area contributed by atoms with Gasteiger partial charge in [-0.1, -0.05) is 32.4 Å². The number of hydrogen-bond donors (Lipinski definition) is 8. The van der Waals surface area contributed by atoms with E-state index in [0.29, 0.717) is 12.0 Å².